The lowest BCUT2D eigenvalue weighted by atomic mass is 10.0. The summed E-state index contributed by atoms with van der Waals surface area (Å²) in [6, 6.07) is 0. The minimum atomic E-state index is -0.996. The van der Waals surface area contributed by atoms with Crippen molar-refractivity contribution in [1.29, 1.82) is 0 Å². The lowest BCUT2D eigenvalue weighted by molar-refractivity contribution is -0.152. The third-order valence-electron chi connectivity index (χ3n) is 9.14. The largest absolute Gasteiger partial charge is 0.463 e. The molecule has 6 nitrogen and oxygen atoms in total. The molecule has 0 radical (unpaired) electrons. The second-order valence-electron chi connectivity index (χ2n) is 14.3. The summed E-state index contributed by atoms with van der Waals surface area (Å²) in [5, 5.41) is 19.8. The SMILES string of the molecule is CCCCCCCCCCCCCCCCCCCCCC(=O)OC[C@@H](O)COC(=O)CCC/C=C\C/C=C\C/C=C\C/C=C\[C@@H](O)CCCC. The maximum Gasteiger partial charge on any atom is 0.305 e. The highest BCUT2D eigenvalue weighted by Crippen LogP contribution is 2.15. The molecule has 0 spiro atoms. The zero-order chi connectivity index (χ0) is 37.3. The Kier molecular flexibility index (Phi) is 38.9. The Labute approximate surface area is 314 Å². The maximum absolute atomic E-state index is 12.0. The molecule has 6 heteroatoms. The lowest BCUT2D eigenvalue weighted by Crippen LogP contribution is -2.25. The van der Waals surface area contributed by atoms with Crippen molar-refractivity contribution in [3.63, 3.8) is 0 Å². The molecule has 51 heavy (non-hydrogen) atoms. The summed E-state index contributed by atoms with van der Waals surface area (Å²) < 4.78 is 10.3. The van der Waals surface area contributed by atoms with Gasteiger partial charge in [0, 0.05) is 12.8 Å². The Morgan fingerprint density at radius 1 is 0.471 bits per heavy atom. The van der Waals surface area contributed by atoms with Gasteiger partial charge in [-0.1, -0.05) is 191 Å². The van der Waals surface area contributed by atoms with Gasteiger partial charge in [0.15, 0.2) is 0 Å². The van der Waals surface area contributed by atoms with Crippen molar-refractivity contribution < 1.29 is 29.3 Å². The second-order valence-corrected chi connectivity index (χ2v) is 14.3. The molecule has 0 bridgehead atoms. The number of aliphatic hydroxyl groups is 2. The molecular formula is C45H80O6. The van der Waals surface area contributed by atoms with Crippen LogP contribution in [0.25, 0.3) is 0 Å². The molecule has 0 aliphatic carbocycles. The number of hydrogen-bond acceptors (Lipinski definition) is 6. The summed E-state index contributed by atoms with van der Waals surface area (Å²) in [6.07, 6.45) is 48.0. The second kappa shape index (κ2) is 40.6. The first-order valence-corrected chi connectivity index (χ1v) is 21.3. The van der Waals surface area contributed by atoms with E-state index in [1.54, 1.807) is 0 Å². The third-order valence-corrected chi connectivity index (χ3v) is 9.14. The van der Waals surface area contributed by atoms with Crippen molar-refractivity contribution in [3.05, 3.63) is 48.6 Å². The minimum Gasteiger partial charge on any atom is -0.463 e. The van der Waals surface area contributed by atoms with Gasteiger partial charge in [-0.05, 0) is 44.9 Å². The first-order valence-electron chi connectivity index (χ1n) is 21.3. The van der Waals surface area contributed by atoms with Gasteiger partial charge in [0.2, 0.25) is 0 Å². The fourth-order valence-electron chi connectivity index (χ4n) is 5.86. The quantitative estimate of drug-likeness (QED) is 0.0375. The molecule has 0 saturated heterocycles. The number of esters is 2. The van der Waals surface area contributed by atoms with Crippen LogP contribution in [-0.4, -0.2) is 47.6 Å². The average molecular weight is 717 g/mol. The highest BCUT2D eigenvalue weighted by Gasteiger charge is 2.12. The minimum absolute atomic E-state index is 0.141. The Balaban J connectivity index is 3.52. The summed E-state index contributed by atoms with van der Waals surface area (Å²) in [4.78, 5) is 24.0. The van der Waals surface area contributed by atoms with Gasteiger partial charge in [0.1, 0.15) is 19.3 Å². The van der Waals surface area contributed by atoms with Gasteiger partial charge < -0.3 is 19.7 Å². The van der Waals surface area contributed by atoms with E-state index in [4.69, 9.17) is 9.47 Å². The van der Waals surface area contributed by atoms with E-state index in [1.807, 2.05) is 12.2 Å². The number of unbranched alkanes of at least 4 members (excludes halogenated alkanes) is 20. The molecule has 0 aliphatic heterocycles. The zero-order valence-corrected chi connectivity index (χ0v) is 33.2. The Bertz CT molecular complexity index is 876. The van der Waals surface area contributed by atoms with Crippen LogP contribution in [0.15, 0.2) is 48.6 Å². The summed E-state index contributed by atoms with van der Waals surface area (Å²) in [5.41, 5.74) is 0. The van der Waals surface area contributed by atoms with Gasteiger partial charge in [-0.25, -0.2) is 0 Å². The summed E-state index contributed by atoms with van der Waals surface area (Å²) in [7, 11) is 0. The van der Waals surface area contributed by atoms with Crippen LogP contribution >= 0.6 is 0 Å². The lowest BCUT2D eigenvalue weighted by Gasteiger charge is -2.12. The van der Waals surface area contributed by atoms with Crippen LogP contribution in [0, 0.1) is 0 Å². The number of carbonyl (C=O) groups is 2. The van der Waals surface area contributed by atoms with Crippen molar-refractivity contribution >= 4 is 11.9 Å². The van der Waals surface area contributed by atoms with Crippen molar-refractivity contribution in [2.75, 3.05) is 13.2 Å². The molecule has 0 aromatic heterocycles. The Morgan fingerprint density at radius 2 is 0.843 bits per heavy atom. The van der Waals surface area contributed by atoms with E-state index >= 15 is 0 Å². The van der Waals surface area contributed by atoms with E-state index < -0.39 is 6.10 Å². The van der Waals surface area contributed by atoms with E-state index in [9.17, 15) is 19.8 Å². The Hall–Kier alpha value is -2.18. The molecule has 0 unspecified atom stereocenters. The van der Waals surface area contributed by atoms with Crippen molar-refractivity contribution in [2.24, 2.45) is 0 Å². The van der Waals surface area contributed by atoms with E-state index in [-0.39, 0.29) is 31.3 Å². The number of aliphatic hydroxyl groups excluding tert-OH is 2. The van der Waals surface area contributed by atoms with Crippen molar-refractivity contribution in [1.82, 2.24) is 0 Å². The molecule has 0 aliphatic rings. The summed E-state index contributed by atoms with van der Waals surface area (Å²) >= 11 is 0. The first kappa shape index (κ1) is 48.8. The number of hydrogen-bond donors (Lipinski definition) is 2. The molecule has 296 valence electrons. The fourth-order valence-corrected chi connectivity index (χ4v) is 5.86. The van der Waals surface area contributed by atoms with Gasteiger partial charge in [-0.2, -0.15) is 0 Å². The van der Waals surface area contributed by atoms with Crippen LogP contribution < -0.4 is 0 Å². The highest BCUT2D eigenvalue weighted by molar-refractivity contribution is 5.69. The molecule has 0 aromatic carbocycles. The van der Waals surface area contributed by atoms with Gasteiger partial charge in [-0.3, -0.25) is 9.59 Å². The molecule has 2 N–H and O–H groups in total. The highest BCUT2D eigenvalue weighted by atomic mass is 16.6. The predicted octanol–water partition coefficient (Wildman–Crippen LogP) is 12.4. The number of ether oxygens (including phenoxy) is 2. The van der Waals surface area contributed by atoms with Gasteiger partial charge in [0.05, 0.1) is 6.10 Å². The van der Waals surface area contributed by atoms with E-state index in [0.717, 1.165) is 64.2 Å². The van der Waals surface area contributed by atoms with Crippen LogP contribution in [0.3, 0.4) is 0 Å². The van der Waals surface area contributed by atoms with Crippen LogP contribution in [0.5, 0.6) is 0 Å². The molecule has 0 heterocycles. The molecule has 2 atom stereocenters. The average Bonchev–Trinajstić information content (AvgIpc) is 3.13. The first-order chi connectivity index (χ1) is 25.0. The molecular weight excluding hydrogens is 636 g/mol. The van der Waals surface area contributed by atoms with Crippen LogP contribution in [0.2, 0.25) is 0 Å². The molecule has 0 aromatic rings. The number of rotatable bonds is 38. The zero-order valence-electron chi connectivity index (χ0n) is 33.2. The van der Waals surface area contributed by atoms with Gasteiger partial charge in [-0.15, -0.1) is 0 Å². The fraction of sp³-hybridized carbons (Fsp3) is 0.778. The molecule has 0 fully saturated rings. The number of carbonyl (C=O) groups excluding carboxylic acids is 2. The van der Waals surface area contributed by atoms with E-state index in [1.165, 1.54) is 103 Å². The van der Waals surface area contributed by atoms with Crippen molar-refractivity contribution in [3.8, 4) is 0 Å². The normalized spacial score (nSPS) is 13.3. The van der Waals surface area contributed by atoms with Crippen LogP contribution in [0.1, 0.15) is 200 Å². The van der Waals surface area contributed by atoms with Gasteiger partial charge in [0.25, 0.3) is 0 Å². The maximum atomic E-state index is 12.0. The topological polar surface area (TPSA) is 93.1 Å². The molecule has 0 amide bonds. The van der Waals surface area contributed by atoms with Gasteiger partial charge >= 0.3 is 11.9 Å². The smallest absolute Gasteiger partial charge is 0.305 e. The molecule has 0 rings (SSSR count). The van der Waals surface area contributed by atoms with E-state index in [2.05, 4.69) is 50.3 Å². The third kappa shape index (κ3) is 40.4. The van der Waals surface area contributed by atoms with Crippen molar-refractivity contribution in [2.45, 2.75) is 212 Å². The van der Waals surface area contributed by atoms with E-state index in [0.29, 0.717) is 19.3 Å². The predicted molar refractivity (Wildman–Crippen MR) is 216 cm³/mol. The van der Waals surface area contributed by atoms with Crippen LogP contribution in [-0.2, 0) is 19.1 Å². The summed E-state index contributed by atoms with van der Waals surface area (Å²) in [6.45, 7) is 4.11. The Morgan fingerprint density at radius 3 is 1.29 bits per heavy atom. The monoisotopic (exact) mass is 717 g/mol. The standard InChI is InChI=1S/C45H80O6/c1-3-5-7-8-9-10-11-12-13-14-15-16-17-18-22-25-28-31-34-38-44(48)50-40-43(47)41-51-45(49)39-35-32-29-26-23-20-19-21-24-27-30-33-37-42(46)36-6-4-2/h19-20,24,26-27,29,33,37,42-43,46-47H,3-18,21-23,25,28,30-32,34-36,38-41H2,1-2H3/b20-19-,27-24-,29-26-,37-33-/t42-,43+/m0/s1. The molecule has 0 saturated carbocycles. The number of allylic oxidation sites excluding steroid dienone is 7. The van der Waals surface area contributed by atoms with Crippen LogP contribution in [0.4, 0.5) is 0 Å². The summed E-state index contributed by atoms with van der Waals surface area (Å²) in [5.74, 6) is -0.646.